The van der Waals surface area contributed by atoms with Crippen LogP contribution in [0.2, 0.25) is 0 Å². The van der Waals surface area contributed by atoms with Crippen molar-refractivity contribution in [3.63, 3.8) is 0 Å². The molecule has 2 rings (SSSR count). The summed E-state index contributed by atoms with van der Waals surface area (Å²) in [7, 11) is 0. The predicted octanol–water partition coefficient (Wildman–Crippen LogP) is 3.40. The second kappa shape index (κ2) is 5.35. The van der Waals surface area contributed by atoms with Gasteiger partial charge in [-0.2, -0.15) is 0 Å². The van der Waals surface area contributed by atoms with Gasteiger partial charge in [0.1, 0.15) is 4.47 Å². The van der Waals surface area contributed by atoms with Gasteiger partial charge in [0.15, 0.2) is 5.82 Å². The maximum atomic E-state index is 11.5. The molecule has 1 aromatic carbocycles. The van der Waals surface area contributed by atoms with Gasteiger partial charge in [-0.3, -0.25) is 4.79 Å². The van der Waals surface area contributed by atoms with E-state index in [1.807, 2.05) is 18.2 Å². The summed E-state index contributed by atoms with van der Waals surface area (Å²) in [5.41, 5.74) is 1.95. The molecule has 0 amide bonds. The Bertz CT molecular complexity index is 607. The summed E-state index contributed by atoms with van der Waals surface area (Å²) in [4.78, 5) is 18.1. The standard InChI is InChI=1S/C13H14BrN3O/c1-8(2)9-5-3-4-6-10(9)17-12-11(14)13(18)16-7-15-12/h3-8H,1-2H3,(H2,15,16,17,18). The molecule has 0 aliphatic rings. The first-order chi connectivity index (χ1) is 8.59. The van der Waals surface area contributed by atoms with E-state index in [2.05, 4.69) is 51.1 Å². The summed E-state index contributed by atoms with van der Waals surface area (Å²) in [6.45, 7) is 4.25. The Kier molecular flexibility index (Phi) is 3.81. The van der Waals surface area contributed by atoms with Crippen LogP contribution in [0.25, 0.3) is 0 Å². The molecule has 0 aliphatic heterocycles. The lowest BCUT2D eigenvalue weighted by Crippen LogP contribution is -2.10. The van der Waals surface area contributed by atoms with Crippen LogP contribution in [0.3, 0.4) is 0 Å². The highest BCUT2D eigenvalue weighted by Gasteiger charge is 2.09. The summed E-state index contributed by atoms with van der Waals surface area (Å²) in [6, 6.07) is 7.99. The minimum atomic E-state index is -0.200. The molecule has 0 unspecified atom stereocenters. The first-order valence-electron chi connectivity index (χ1n) is 5.68. The molecular formula is C13H14BrN3O. The van der Waals surface area contributed by atoms with Crippen molar-refractivity contribution < 1.29 is 0 Å². The number of hydrogen-bond acceptors (Lipinski definition) is 3. The van der Waals surface area contributed by atoms with E-state index in [0.717, 1.165) is 5.69 Å². The van der Waals surface area contributed by atoms with Crippen LogP contribution in [0, 0.1) is 0 Å². The molecule has 0 saturated carbocycles. The number of H-pyrrole nitrogens is 1. The molecule has 1 heterocycles. The Morgan fingerprint density at radius 3 is 2.78 bits per heavy atom. The highest BCUT2D eigenvalue weighted by Crippen LogP contribution is 2.27. The summed E-state index contributed by atoms with van der Waals surface area (Å²) in [5.74, 6) is 0.918. The predicted molar refractivity (Wildman–Crippen MR) is 76.4 cm³/mol. The largest absolute Gasteiger partial charge is 0.339 e. The lowest BCUT2D eigenvalue weighted by atomic mass is 10.0. The number of nitrogens with zero attached hydrogens (tertiary/aromatic N) is 1. The third-order valence-electron chi connectivity index (χ3n) is 2.63. The number of anilines is 2. The van der Waals surface area contributed by atoms with Crippen LogP contribution in [0.15, 0.2) is 39.9 Å². The Morgan fingerprint density at radius 2 is 2.06 bits per heavy atom. The molecule has 2 N–H and O–H groups in total. The molecule has 0 spiro atoms. The van der Waals surface area contributed by atoms with Crippen LogP contribution >= 0.6 is 15.9 Å². The van der Waals surface area contributed by atoms with E-state index in [4.69, 9.17) is 0 Å². The molecule has 18 heavy (non-hydrogen) atoms. The Labute approximate surface area is 114 Å². The fourth-order valence-electron chi connectivity index (χ4n) is 1.71. The monoisotopic (exact) mass is 307 g/mol. The molecule has 0 saturated heterocycles. The Balaban J connectivity index is 2.40. The van der Waals surface area contributed by atoms with E-state index < -0.39 is 0 Å². The van der Waals surface area contributed by atoms with Gasteiger partial charge in [0.05, 0.1) is 6.33 Å². The quantitative estimate of drug-likeness (QED) is 0.913. The van der Waals surface area contributed by atoms with E-state index in [0.29, 0.717) is 16.2 Å². The van der Waals surface area contributed by atoms with E-state index >= 15 is 0 Å². The molecule has 0 radical (unpaired) electrons. The molecule has 0 fully saturated rings. The number of para-hydroxylation sites is 1. The zero-order valence-electron chi connectivity index (χ0n) is 10.2. The fourth-order valence-corrected chi connectivity index (χ4v) is 2.03. The average Bonchev–Trinajstić information content (AvgIpc) is 2.35. The van der Waals surface area contributed by atoms with E-state index in [1.54, 1.807) is 0 Å². The topological polar surface area (TPSA) is 57.8 Å². The Morgan fingerprint density at radius 1 is 1.33 bits per heavy atom. The van der Waals surface area contributed by atoms with Crippen LogP contribution in [0.4, 0.5) is 11.5 Å². The van der Waals surface area contributed by atoms with Crippen LogP contribution in [0.5, 0.6) is 0 Å². The maximum Gasteiger partial charge on any atom is 0.267 e. The van der Waals surface area contributed by atoms with Crippen molar-refractivity contribution in [2.45, 2.75) is 19.8 Å². The summed E-state index contributed by atoms with van der Waals surface area (Å²) < 4.78 is 0.406. The lowest BCUT2D eigenvalue weighted by Gasteiger charge is -2.14. The van der Waals surface area contributed by atoms with Gasteiger partial charge in [-0.05, 0) is 33.5 Å². The molecule has 94 valence electrons. The van der Waals surface area contributed by atoms with Crippen molar-refractivity contribution in [3.8, 4) is 0 Å². The third-order valence-corrected chi connectivity index (χ3v) is 3.37. The SMILES string of the molecule is CC(C)c1ccccc1Nc1nc[nH]c(=O)c1Br. The van der Waals surface area contributed by atoms with Gasteiger partial charge in [-0.15, -0.1) is 0 Å². The van der Waals surface area contributed by atoms with Gasteiger partial charge in [0.2, 0.25) is 0 Å². The molecule has 2 aromatic rings. The maximum absolute atomic E-state index is 11.5. The summed E-state index contributed by atoms with van der Waals surface area (Å²) >= 11 is 3.23. The van der Waals surface area contributed by atoms with Gasteiger partial charge in [0, 0.05) is 5.69 Å². The van der Waals surface area contributed by atoms with Crippen molar-refractivity contribution in [2.75, 3.05) is 5.32 Å². The highest BCUT2D eigenvalue weighted by molar-refractivity contribution is 9.10. The van der Waals surface area contributed by atoms with Crippen LogP contribution in [-0.4, -0.2) is 9.97 Å². The van der Waals surface area contributed by atoms with Crippen molar-refractivity contribution >= 4 is 27.4 Å². The van der Waals surface area contributed by atoms with Crippen molar-refractivity contribution in [1.29, 1.82) is 0 Å². The van der Waals surface area contributed by atoms with Gasteiger partial charge in [0.25, 0.3) is 5.56 Å². The minimum Gasteiger partial charge on any atom is -0.339 e. The van der Waals surface area contributed by atoms with Gasteiger partial charge >= 0.3 is 0 Å². The number of aromatic nitrogens is 2. The Hall–Kier alpha value is -1.62. The molecule has 0 atom stereocenters. The van der Waals surface area contributed by atoms with Gasteiger partial charge < -0.3 is 10.3 Å². The molecule has 5 heteroatoms. The van der Waals surface area contributed by atoms with E-state index in [-0.39, 0.29) is 5.56 Å². The first-order valence-corrected chi connectivity index (χ1v) is 6.48. The number of rotatable bonds is 3. The summed E-state index contributed by atoms with van der Waals surface area (Å²) in [5, 5.41) is 3.18. The fraction of sp³-hybridized carbons (Fsp3) is 0.231. The highest BCUT2D eigenvalue weighted by atomic mass is 79.9. The van der Waals surface area contributed by atoms with Gasteiger partial charge in [-0.1, -0.05) is 32.0 Å². The zero-order chi connectivity index (χ0) is 13.1. The first kappa shape index (κ1) is 12.8. The number of halogens is 1. The van der Waals surface area contributed by atoms with Crippen molar-refractivity contribution in [3.05, 3.63) is 51.0 Å². The number of benzene rings is 1. The molecule has 1 aromatic heterocycles. The van der Waals surface area contributed by atoms with Crippen LogP contribution < -0.4 is 10.9 Å². The number of nitrogens with one attached hydrogen (secondary N) is 2. The van der Waals surface area contributed by atoms with Crippen LogP contribution in [0.1, 0.15) is 25.3 Å². The van der Waals surface area contributed by atoms with Crippen LogP contribution in [-0.2, 0) is 0 Å². The second-order valence-corrected chi connectivity index (χ2v) is 5.05. The normalized spacial score (nSPS) is 10.7. The molecule has 0 bridgehead atoms. The third kappa shape index (κ3) is 2.61. The zero-order valence-corrected chi connectivity index (χ0v) is 11.8. The average molecular weight is 308 g/mol. The smallest absolute Gasteiger partial charge is 0.267 e. The van der Waals surface area contributed by atoms with Crippen molar-refractivity contribution in [1.82, 2.24) is 9.97 Å². The molecule has 0 aliphatic carbocycles. The lowest BCUT2D eigenvalue weighted by molar-refractivity contribution is 0.868. The van der Waals surface area contributed by atoms with E-state index in [9.17, 15) is 4.79 Å². The molecule has 4 nitrogen and oxygen atoms in total. The number of hydrogen-bond donors (Lipinski definition) is 2. The summed E-state index contributed by atoms with van der Waals surface area (Å²) in [6.07, 6.45) is 1.38. The van der Waals surface area contributed by atoms with Gasteiger partial charge in [-0.25, -0.2) is 4.98 Å². The minimum absolute atomic E-state index is 0.200. The number of aromatic amines is 1. The van der Waals surface area contributed by atoms with Crippen molar-refractivity contribution in [2.24, 2.45) is 0 Å². The van der Waals surface area contributed by atoms with E-state index in [1.165, 1.54) is 11.9 Å². The second-order valence-electron chi connectivity index (χ2n) is 4.26. The molecular weight excluding hydrogens is 294 g/mol.